The highest BCUT2D eigenvalue weighted by molar-refractivity contribution is 6.30. The number of benzene rings is 2. The van der Waals surface area contributed by atoms with Crippen molar-refractivity contribution in [3.8, 4) is 17.0 Å². The number of non-ortho nitro benzene ring substituents is 1. The van der Waals surface area contributed by atoms with Crippen molar-refractivity contribution in [1.82, 2.24) is 14.6 Å². The second kappa shape index (κ2) is 7.81. The standard InChI is InChI=1S/C22H17ClN4O4/c1-12(2)19-20(13-3-5-15(23)6-4-13)25-26-11-14(10-24-22(19)26)21(29)17-9-16(27(30)31)7-8-18(17)28/h3-12,28H,1-2H3. The zero-order valence-electron chi connectivity index (χ0n) is 16.6. The first-order chi connectivity index (χ1) is 14.8. The van der Waals surface area contributed by atoms with E-state index in [0.717, 1.165) is 35.0 Å². The quantitative estimate of drug-likeness (QED) is 0.267. The SMILES string of the molecule is CC(C)c1c(-c2ccc(Cl)cc2)nn2cc(C(=O)c3cc([N+](=O)[O-])ccc3O)cnc12. The van der Waals surface area contributed by atoms with E-state index >= 15 is 0 Å². The fourth-order valence-electron chi connectivity index (χ4n) is 3.40. The van der Waals surface area contributed by atoms with E-state index in [1.54, 1.807) is 12.1 Å². The summed E-state index contributed by atoms with van der Waals surface area (Å²) in [7, 11) is 0. The number of nitro groups is 1. The molecule has 9 heteroatoms. The number of halogens is 1. The third-order valence-corrected chi connectivity index (χ3v) is 5.15. The summed E-state index contributed by atoms with van der Waals surface area (Å²) in [5.41, 5.74) is 2.78. The van der Waals surface area contributed by atoms with Gasteiger partial charge in [-0.15, -0.1) is 0 Å². The average Bonchev–Trinajstić information content (AvgIpc) is 3.13. The molecule has 0 aliphatic heterocycles. The lowest BCUT2D eigenvalue weighted by atomic mass is 9.99. The van der Waals surface area contributed by atoms with Gasteiger partial charge in [-0.3, -0.25) is 14.9 Å². The topological polar surface area (TPSA) is 111 Å². The first kappa shape index (κ1) is 20.5. The third kappa shape index (κ3) is 3.73. The van der Waals surface area contributed by atoms with Crippen molar-refractivity contribution >= 4 is 28.7 Å². The molecule has 8 nitrogen and oxygen atoms in total. The Bertz CT molecular complexity index is 1330. The maximum atomic E-state index is 12.9. The Hall–Kier alpha value is -3.78. The van der Waals surface area contributed by atoms with Crippen molar-refractivity contribution < 1.29 is 14.8 Å². The van der Waals surface area contributed by atoms with E-state index in [9.17, 15) is 20.0 Å². The maximum Gasteiger partial charge on any atom is 0.270 e. The predicted octanol–water partition coefficient (Wildman–Crippen LogP) is 5.02. The fourth-order valence-corrected chi connectivity index (χ4v) is 3.52. The molecule has 0 aliphatic carbocycles. The van der Waals surface area contributed by atoms with E-state index < -0.39 is 10.7 Å². The van der Waals surface area contributed by atoms with Crippen LogP contribution in [0.2, 0.25) is 5.02 Å². The Morgan fingerprint density at radius 1 is 1.19 bits per heavy atom. The minimum atomic E-state index is -0.627. The predicted molar refractivity (Wildman–Crippen MR) is 116 cm³/mol. The number of hydrogen-bond acceptors (Lipinski definition) is 6. The minimum absolute atomic E-state index is 0.109. The number of nitro benzene ring substituents is 1. The summed E-state index contributed by atoms with van der Waals surface area (Å²) in [5, 5.41) is 26.3. The number of phenolic OH excluding ortho intramolecular Hbond substituents is 1. The van der Waals surface area contributed by atoms with Gasteiger partial charge in [-0.05, 0) is 24.1 Å². The molecule has 0 aliphatic rings. The van der Waals surface area contributed by atoms with Crippen LogP contribution in [-0.2, 0) is 0 Å². The summed E-state index contributed by atoms with van der Waals surface area (Å²) in [4.78, 5) is 27.8. The monoisotopic (exact) mass is 436 g/mol. The summed E-state index contributed by atoms with van der Waals surface area (Å²) < 4.78 is 1.51. The number of phenols is 1. The smallest absolute Gasteiger partial charge is 0.270 e. The summed E-state index contributed by atoms with van der Waals surface area (Å²) in [6, 6.07) is 10.6. The molecule has 2 aromatic heterocycles. The second-order valence-electron chi connectivity index (χ2n) is 7.32. The van der Waals surface area contributed by atoms with Gasteiger partial charge in [-0.25, -0.2) is 9.50 Å². The number of aromatic nitrogens is 3. The number of fused-ring (bicyclic) bond motifs is 1. The summed E-state index contributed by atoms with van der Waals surface area (Å²) >= 11 is 6.00. The molecular formula is C22H17ClN4O4. The van der Waals surface area contributed by atoms with Crippen molar-refractivity contribution in [1.29, 1.82) is 0 Å². The van der Waals surface area contributed by atoms with Crippen LogP contribution in [0.1, 0.15) is 41.3 Å². The summed E-state index contributed by atoms with van der Waals surface area (Å²) in [6.07, 6.45) is 2.89. The molecule has 31 heavy (non-hydrogen) atoms. The Morgan fingerprint density at radius 3 is 2.55 bits per heavy atom. The van der Waals surface area contributed by atoms with Gasteiger partial charge in [0.2, 0.25) is 0 Å². The van der Waals surface area contributed by atoms with E-state index in [1.165, 1.54) is 16.9 Å². The van der Waals surface area contributed by atoms with E-state index in [-0.39, 0.29) is 28.5 Å². The molecule has 0 bridgehead atoms. The number of carbonyl (C=O) groups excluding carboxylic acids is 1. The van der Waals surface area contributed by atoms with E-state index in [0.29, 0.717) is 10.7 Å². The van der Waals surface area contributed by atoms with Crippen molar-refractivity contribution in [2.75, 3.05) is 0 Å². The molecule has 2 heterocycles. The second-order valence-corrected chi connectivity index (χ2v) is 7.76. The van der Waals surface area contributed by atoms with Crippen LogP contribution in [0.25, 0.3) is 16.9 Å². The first-order valence-corrected chi connectivity index (χ1v) is 9.80. The molecule has 156 valence electrons. The lowest BCUT2D eigenvalue weighted by Gasteiger charge is -2.07. The minimum Gasteiger partial charge on any atom is -0.507 e. The van der Waals surface area contributed by atoms with Crippen molar-refractivity contribution in [2.45, 2.75) is 19.8 Å². The van der Waals surface area contributed by atoms with Gasteiger partial charge in [0.05, 0.1) is 21.7 Å². The molecule has 0 atom stereocenters. The fraction of sp³-hybridized carbons (Fsp3) is 0.136. The lowest BCUT2D eigenvalue weighted by Crippen LogP contribution is -2.06. The van der Waals surface area contributed by atoms with Gasteiger partial charge >= 0.3 is 0 Å². The van der Waals surface area contributed by atoms with Crippen LogP contribution < -0.4 is 0 Å². The Balaban J connectivity index is 1.83. The van der Waals surface area contributed by atoms with Crippen LogP contribution in [0.3, 0.4) is 0 Å². The van der Waals surface area contributed by atoms with Gasteiger partial charge in [0.15, 0.2) is 11.4 Å². The van der Waals surface area contributed by atoms with Gasteiger partial charge in [0.25, 0.3) is 5.69 Å². The molecule has 0 radical (unpaired) electrons. The highest BCUT2D eigenvalue weighted by atomic mass is 35.5. The highest BCUT2D eigenvalue weighted by Crippen LogP contribution is 2.32. The molecular weight excluding hydrogens is 420 g/mol. The van der Waals surface area contributed by atoms with Crippen LogP contribution in [-0.4, -0.2) is 30.4 Å². The van der Waals surface area contributed by atoms with Crippen molar-refractivity contribution in [3.05, 3.63) is 86.7 Å². The molecule has 4 rings (SSSR count). The largest absolute Gasteiger partial charge is 0.507 e. The van der Waals surface area contributed by atoms with Gasteiger partial charge in [0, 0.05) is 40.7 Å². The highest BCUT2D eigenvalue weighted by Gasteiger charge is 2.22. The maximum absolute atomic E-state index is 12.9. The molecule has 0 fully saturated rings. The van der Waals surface area contributed by atoms with Crippen LogP contribution >= 0.6 is 11.6 Å². The molecule has 2 aromatic carbocycles. The molecule has 0 unspecified atom stereocenters. The number of ketones is 1. The number of hydrogen-bond donors (Lipinski definition) is 1. The summed E-state index contributed by atoms with van der Waals surface area (Å²) in [5.74, 6) is -0.829. The van der Waals surface area contributed by atoms with Crippen LogP contribution in [0.5, 0.6) is 5.75 Å². The van der Waals surface area contributed by atoms with Gasteiger partial charge in [0.1, 0.15) is 5.75 Å². The number of carbonyl (C=O) groups is 1. The van der Waals surface area contributed by atoms with E-state index in [1.807, 2.05) is 26.0 Å². The first-order valence-electron chi connectivity index (χ1n) is 9.42. The molecule has 0 saturated carbocycles. The third-order valence-electron chi connectivity index (χ3n) is 4.90. The molecule has 1 N–H and O–H groups in total. The van der Waals surface area contributed by atoms with Crippen molar-refractivity contribution in [3.63, 3.8) is 0 Å². The molecule has 4 aromatic rings. The number of aromatic hydroxyl groups is 1. The zero-order valence-corrected chi connectivity index (χ0v) is 17.4. The van der Waals surface area contributed by atoms with Crippen LogP contribution in [0, 0.1) is 10.1 Å². The Morgan fingerprint density at radius 2 is 1.90 bits per heavy atom. The number of nitrogens with zero attached hydrogens (tertiary/aromatic N) is 4. The lowest BCUT2D eigenvalue weighted by molar-refractivity contribution is -0.384. The van der Waals surface area contributed by atoms with E-state index in [4.69, 9.17) is 11.6 Å². The van der Waals surface area contributed by atoms with Gasteiger partial charge < -0.3 is 5.11 Å². The normalized spacial score (nSPS) is 11.2. The Labute approximate surface area is 181 Å². The Kier molecular flexibility index (Phi) is 5.16. The molecule has 0 amide bonds. The summed E-state index contributed by atoms with van der Waals surface area (Å²) in [6.45, 7) is 4.05. The zero-order chi connectivity index (χ0) is 22.3. The van der Waals surface area contributed by atoms with Gasteiger partial charge in [-0.2, -0.15) is 5.10 Å². The molecule has 0 saturated heterocycles. The van der Waals surface area contributed by atoms with E-state index in [2.05, 4.69) is 10.1 Å². The number of rotatable bonds is 5. The van der Waals surface area contributed by atoms with Crippen molar-refractivity contribution in [2.24, 2.45) is 0 Å². The molecule has 0 spiro atoms. The van der Waals surface area contributed by atoms with Crippen LogP contribution in [0.4, 0.5) is 5.69 Å². The van der Waals surface area contributed by atoms with Crippen LogP contribution in [0.15, 0.2) is 54.9 Å². The average molecular weight is 437 g/mol. The van der Waals surface area contributed by atoms with Gasteiger partial charge in [-0.1, -0.05) is 37.6 Å².